The van der Waals surface area contributed by atoms with Crippen molar-refractivity contribution in [2.45, 2.75) is 25.9 Å². The summed E-state index contributed by atoms with van der Waals surface area (Å²) in [4.78, 5) is 0. The summed E-state index contributed by atoms with van der Waals surface area (Å²) in [7, 11) is 1.61. The quantitative estimate of drug-likeness (QED) is 0.405. The molecule has 0 aromatic heterocycles. The predicted molar refractivity (Wildman–Crippen MR) is 102 cm³/mol. The molecule has 1 heterocycles. The summed E-state index contributed by atoms with van der Waals surface area (Å²) in [6.45, 7) is 4.01. The third-order valence-electron chi connectivity index (χ3n) is 3.43. The number of hydrogen-bond acceptors (Lipinski definition) is 5. The van der Waals surface area contributed by atoms with Crippen LogP contribution in [0, 0.1) is 0 Å². The second-order valence-electron chi connectivity index (χ2n) is 5.18. The smallest absolute Gasteiger partial charge is 0.187 e. The normalized spacial score (nSPS) is 17.0. The molecule has 2 N–H and O–H groups in total. The number of hydrogen-bond donors (Lipinski definition) is 2. The summed E-state index contributed by atoms with van der Waals surface area (Å²) >= 11 is 8.66. The number of thiocarbonyl (C=S) groups is 1. The largest absolute Gasteiger partial charge is 0.492 e. The van der Waals surface area contributed by atoms with Crippen LogP contribution in [-0.2, 0) is 4.74 Å². The van der Waals surface area contributed by atoms with E-state index >= 15 is 0 Å². The molecular formula is C16H22BrN3O3S. The van der Waals surface area contributed by atoms with Gasteiger partial charge in [0.15, 0.2) is 16.6 Å². The van der Waals surface area contributed by atoms with Crippen LogP contribution in [0.3, 0.4) is 0 Å². The highest BCUT2D eigenvalue weighted by Gasteiger charge is 2.15. The first-order valence-electron chi connectivity index (χ1n) is 7.82. The molecule has 2 rings (SSSR count). The molecule has 1 fully saturated rings. The molecule has 0 bridgehead atoms. The van der Waals surface area contributed by atoms with E-state index in [9.17, 15) is 0 Å². The lowest BCUT2D eigenvalue weighted by Gasteiger charge is -2.12. The minimum absolute atomic E-state index is 0.236. The average Bonchev–Trinajstić information content (AvgIpc) is 3.06. The van der Waals surface area contributed by atoms with Gasteiger partial charge in [-0.05, 0) is 65.6 Å². The Morgan fingerprint density at radius 2 is 2.38 bits per heavy atom. The van der Waals surface area contributed by atoms with E-state index in [1.165, 1.54) is 0 Å². The van der Waals surface area contributed by atoms with Gasteiger partial charge in [-0.15, -0.1) is 0 Å². The topological polar surface area (TPSA) is 64.1 Å². The number of nitrogens with zero attached hydrogens (tertiary/aromatic N) is 1. The van der Waals surface area contributed by atoms with Crippen LogP contribution in [0.5, 0.6) is 11.5 Å². The van der Waals surface area contributed by atoms with E-state index in [0.717, 1.165) is 29.5 Å². The van der Waals surface area contributed by atoms with Crippen molar-refractivity contribution in [3.8, 4) is 11.5 Å². The highest BCUT2D eigenvalue weighted by atomic mass is 79.9. The van der Waals surface area contributed by atoms with Crippen molar-refractivity contribution in [3.63, 3.8) is 0 Å². The van der Waals surface area contributed by atoms with Gasteiger partial charge in [-0.1, -0.05) is 0 Å². The summed E-state index contributed by atoms with van der Waals surface area (Å²) in [5, 5.41) is 7.72. The van der Waals surface area contributed by atoms with Gasteiger partial charge in [-0.25, -0.2) is 0 Å². The zero-order valence-corrected chi connectivity index (χ0v) is 16.2. The summed E-state index contributed by atoms with van der Waals surface area (Å²) in [5.41, 5.74) is 3.66. The van der Waals surface area contributed by atoms with Gasteiger partial charge in [0.05, 0.1) is 30.5 Å². The molecule has 0 aliphatic carbocycles. The maximum Gasteiger partial charge on any atom is 0.187 e. The first-order chi connectivity index (χ1) is 11.6. The predicted octanol–water partition coefficient (Wildman–Crippen LogP) is 2.83. The molecule has 1 aliphatic heterocycles. The van der Waals surface area contributed by atoms with Gasteiger partial charge in [-0.3, -0.25) is 5.43 Å². The van der Waals surface area contributed by atoms with E-state index in [1.807, 2.05) is 19.1 Å². The van der Waals surface area contributed by atoms with E-state index in [-0.39, 0.29) is 6.10 Å². The van der Waals surface area contributed by atoms with Crippen LogP contribution in [-0.4, -0.2) is 44.3 Å². The number of hydrazone groups is 1. The van der Waals surface area contributed by atoms with E-state index in [0.29, 0.717) is 29.8 Å². The van der Waals surface area contributed by atoms with E-state index in [1.54, 1.807) is 13.3 Å². The lowest BCUT2D eigenvalue weighted by Crippen LogP contribution is -2.37. The molecule has 0 radical (unpaired) electrons. The average molecular weight is 416 g/mol. The molecule has 1 saturated heterocycles. The second-order valence-corrected chi connectivity index (χ2v) is 6.44. The van der Waals surface area contributed by atoms with Crippen LogP contribution in [0.15, 0.2) is 21.7 Å². The maximum atomic E-state index is 5.58. The Morgan fingerprint density at radius 3 is 3.04 bits per heavy atom. The second kappa shape index (κ2) is 9.80. The third-order valence-corrected chi connectivity index (χ3v) is 4.25. The van der Waals surface area contributed by atoms with Crippen molar-refractivity contribution >= 4 is 39.5 Å². The minimum atomic E-state index is 0.236. The van der Waals surface area contributed by atoms with E-state index in [4.69, 9.17) is 26.4 Å². The molecular weight excluding hydrogens is 394 g/mol. The van der Waals surface area contributed by atoms with Gasteiger partial charge in [-0.2, -0.15) is 5.10 Å². The number of ether oxygens (including phenoxy) is 3. The van der Waals surface area contributed by atoms with Crippen LogP contribution >= 0.6 is 28.1 Å². The van der Waals surface area contributed by atoms with Gasteiger partial charge in [0, 0.05) is 13.2 Å². The molecule has 0 unspecified atom stereocenters. The molecule has 8 heteroatoms. The van der Waals surface area contributed by atoms with Crippen molar-refractivity contribution in [1.82, 2.24) is 10.7 Å². The maximum absolute atomic E-state index is 5.58. The Hall–Kier alpha value is -1.38. The molecule has 1 aliphatic rings. The number of rotatable bonds is 7. The fourth-order valence-corrected chi connectivity index (χ4v) is 3.10. The number of benzene rings is 1. The van der Waals surface area contributed by atoms with E-state index < -0.39 is 0 Å². The Labute approximate surface area is 156 Å². The summed E-state index contributed by atoms with van der Waals surface area (Å²) in [6.07, 6.45) is 4.09. The SMILES string of the molecule is CCOc1cc(/C=N\NC(=S)NC[C@H]2CCCO2)cc(Br)c1OC. The van der Waals surface area contributed by atoms with Gasteiger partial charge in [0.1, 0.15) is 0 Å². The summed E-state index contributed by atoms with van der Waals surface area (Å²) < 4.78 is 17.2. The highest BCUT2D eigenvalue weighted by Crippen LogP contribution is 2.36. The van der Waals surface area contributed by atoms with Crippen molar-refractivity contribution in [1.29, 1.82) is 0 Å². The van der Waals surface area contributed by atoms with Crippen LogP contribution in [0.2, 0.25) is 0 Å². The van der Waals surface area contributed by atoms with E-state index in [2.05, 4.69) is 31.8 Å². The van der Waals surface area contributed by atoms with Crippen molar-refractivity contribution in [2.24, 2.45) is 5.10 Å². The Morgan fingerprint density at radius 1 is 1.54 bits per heavy atom. The van der Waals surface area contributed by atoms with Crippen LogP contribution in [0.4, 0.5) is 0 Å². The fourth-order valence-electron chi connectivity index (χ4n) is 2.34. The Balaban J connectivity index is 1.89. The zero-order valence-electron chi connectivity index (χ0n) is 13.8. The minimum Gasteiger partial charge on any atom is -0.492 e. The van der Waals surface area contributed by atoms with Crippen molar-refractivity contribution < 1.29 is 14.2 Å². The Bertz CT molecular complexity index is 592. The van der Waals surface area contributed by atoms with Gasteiger partial charge in [0.2, 0.25) is 0 Å². The van der Waals surface area contributed by atoms with Crippen LogP contribution in [0.25, 0.3) is 0 Å². The van der Waals surface area contributed by atoms with Crippen LogP contribution < -0.4 is 20.2 Å². The lowest BCUT2D eigenvalue weighted by atomic mass is 10.2. The lowest BCUT2D eigenvalue weighted by molar-refractivity contribution is 0.114. The Kier molecular flexibility index (Phi) is 7.74. The molecule has 1 aromatic carbocycles. The fraction of sp³-hybridized carbons (Fsp3) is 0.500. The zero-order chi connectivity index (χ0) is 17.4. The molecule has 24 heavy (non-hydrogen) atoms. The number of nitrogens with one attached hydrogen (secondary N) is 2. The van der Waals surface area contributed by atoms with Gasteiger partial charge < -0.3 is 19.5 Å². The molecule has 1 aromatic rings. The first kappa shape index (κ1) is 19.0. The summed E-state index contributed by atoms with van der Waals surface area (Å²) in [6, 6.07) is 3.76. The monoisotopic (exact) mass is 415 g/mol. The van der Waals surface area contributed by atoms with Crippen LogP contribution in [0.1, 0.15) is 25.3 Å². The van der Waals surface area contributed by atoms with Gasteiger partial charge >= 0.3 is 0 Å². The third kappa shape index (κ3) is 5.61. The van der Waals surface area contributed by atoms with Crippen molar-refractivity contribution in [3.05, 3.63) is 22.2 Å². The number of methoxy groups -OCH3 is 1. The highest BCUT2D eigenvalue weighted by molar-refractivity contribution is 9.10. The molecule has 0 amide bonds. The molecule has 1 atom stereocenters. The molecule has 0 spiro atoms. The molecule has 6 nitrogen and oxygen atoms in total. The van der Waals surface area contributed by atoms with Gasteiger partial charge in [0.25, 0.3) is 0 Å². The first-order valence-corrected chi connectivity index (χ1v) is 9.03. The summed E-state index contributed by atoms with van der Waals surface area (Å²) in [5.74, 6) is 1.32. The van der Waals surface area contributed by atoms with Crippen molar-refractivity contribution in [2.75, 3.05) is 26.9 Å². The molecule has 132 valence electrons. The number of halogens is 1. The standard InChI is InChI=1S/C16H22BrN3O3S/c1-3-22-14-8-11(7-13(17)15(14)21-2)9-19-20-16(24)18-10-12-5-4-6-23-12/h7-9,12H,3-6,10H2,1-2H3,(H2,18,20,24)/b19-9-/t12-/m1/s1. The molecule has 0 saturated carbocycles.